The van der Waals surface area contributed by atoms with E-state index in [2.05, 4.69) is 5.32 Å². The molecule has 104 valence electrons. The van der Waals surface area contributed by atoms with E-state index in [-0.39, 0.29) is 5.91 Å². The maximum Gasteiger partial charge on any atom is 0.219 e. The summed E-state index contributed by atoms with van der Waals surface area (Å²) < 4.78 is 5.78. The molecule has 0 aliphatic rings. The summed E-state index contributed by atoms with van der Waals surface area (Å²) in [6, 6.07) is 14.2. The molecule has 0 aliphatic heterocycles. The molecule has 0 aromatic heterocycles. The van der Waals surface area contributed by atoms with Crippen LogP contribution in [0.4, 0.5) is 11.4 Å². The van der Waals surface area contributed by atoms with Crippen molar-refractivity contribution in [2.45, 2.75) is 13.2 Å². The van der Waals surface area contributed by atoms with Crippen LogP contribution in [0.15, 0.2) is 48.5 Å². The molecular formula is C15H17N3O2. The Hall–Kier alpha value is -2.69. The van der Waals surface area contributed by atoms with Crippen LogP contribution < -0.4 is 21.5 Å². The van der Waals surface area contributed by atoms with E-state index in [1.54, 1.807) is 36.4 Å². The van der Waals surface area contributed by atoms with Crippen LogP contribution in [0, 0.1) is 0 Å². The first-order valence-corrected chi connectivity index (χ1v) is 6.19. The topological polar surface area (TPSA) is 90.4 Å². The molecule has 1 atom stereocenters. The molecule has 2 aromatic carbocycles. The van der Waals surface area contributed by atoms with Crippen LogP contribution in [0.1, 0.15) is 18.7 Å². The van der Waals surface area contributed by atoms with E-state index >= 15 is 0 Å². The minimum atomic E-state index is -0.613. The molecule has 0 fully saturated rings. The van der Waals surface area contributed by atoms with Gasteiger partial charge in [-0.25, -0.2) is 0 Å². The summed E-state index contributed by atoms with van der Waals surface area (Å²) in [5.41, 5.74) is 13.4. The van der Waals surface area contributed by atoms with Crippen molar-refractivity contribution in [2.75, 3.05) is 11.5 Å². The Labute approximate surface area is 117 Å². The van der Waals surface area contributed by atoms with Crippen LogP contribution in [0.2, 0.25) is 0 Å². The van der Waals surface area contributed by atoms with Crippen molar-refractivity contribution in [1.82, 2.24) is 5.32 Å². The number of hydrogen-bond acceptors (Lipinski definition) is 4. The van der Waals surface area contributed by atoms with Crippen LogP contribution >= 0.6 is 0 Å². The molecule has 0 saturated carbocycles. The number of carbonyl (C=O) groups excluding carboxylic acids is 1. The highest BCUT2D eigenvalue weighted by molar-refractivity contribution is 5.73. The van der Waals surface area contributed by atoms with Gasteiger partial charge in [-0.1, -0.05) is 18.2 Å². The Balaban J connectivity index is 2.26. The lowest BCUT2D eigenvalue weighted by molar-refractivity contribution is -0.121. The van der Waals surface area contributed by atoms with Crippen LogP contribution in [-0.2, 0) is 4.79 Å². The average molecular weight is 271 g/mol. The largest absolute Gasteiger partial charge is 0.466 e. The van der Waals surface area contributed by atoms with E-state index in [0.717, 1.165) is 5.56 Å². The summed E-state index contributed by atoms with van der Waals surface area (Å²) in [5.74, 6) is 0.382. The van der Waals surface area contributed by atoms with Crippen molar-refractivity contribution in [1.29, 1.82) is 0 Å². The Morgan fingerprint density at radius 2 is 1.75 bits per heavy atom. The number of nitrogens with one attached hydrogen (secondary N) is 1. The lowest BCUT2D eigenvalue weighted by atomic mass is 10.1. The van der Waals surface area contributed by atoms with E-state index in [9.17, 15) is 4.79 Å². The number of anilines is 2. The highest BCUT2D eigenvalue weighted by Crippen LogP contribution is 2.23. The van der Waals surface area contributed by atoms with E-state index in [0.29, 0.717) is 17.1 Å². The number of amides is 1. The van der Waals surface area contributed by atoms with Gasteiger partial charge in [-0.15, -0.1) is 0 Å². The summed E-state index contributed by atoms with van der Waals surface area (Å²) in [6.45, 7) is 1.43. The smallest absolute Gasteiger partial charge is 0.219 e. The van der Waals surface area contributed by atoms with Crippen molar-refractivity contribution in [3.8, 4) is 5.75 Å². The van der Waals surface area contributed by atoms with Crippen molar-refractivity contribution in [3.63, 3.8) is 0 Å². The zero-order valence-electron chi connectivity index (χ0n) is 11.2. The lowest BCUT2D eigenvalue weighted by Gasteiger charge is -2.20. The second-order valence-electron chi connectivity index (χ2n) is 4.44. The first-order valence-electron chi connectivity index (χ1n) is 6.19. The van der Waals surface area contributed by atoms with Crippen LogP contribution in [0.3, 0.4) is 0 Å². The molecule has 0 spiro atoms. The molecule has 20 heavy (non-hydrogen) atoms. The monoisotopic (exact) mass is 271 g/mol. The third kappa shape index (κ3) is 3.65. The van der Waals surface area contributed by atoms with Gasteiger partial charge in [0.25, 0.3) is 0 Å². The predicted molar refractivity (Wildman–Crippen MR) is 78.9 cm³/mol. The average Bonchev–Trinajstić information content (AvgIpc) is 2.37. The van der Waals surface area contributed by atoms with Gasteiger partial charge in [0.2, 0.25) is 5.91 Å². The van der Waals surface area contributed by atoms with Crippen molar-refractivity contribution in [3.05, 3.63) is 54.1 Å². The Morgan fingerprint density at radius 1 is 1.10 bits per heavy atom. The van der Waals surface area contributed by atoms with Crippen LogP contribution in [0.5, 0.6) is 5.75 Å². The highest BCUT2D eigenvalue weighted by Gasteiger charge is 2.14. The normalized spacial score (nSPS) is 11.7. The predicted octanol–water partition coefficient (Wildman–Crippen LogP) is 2.06. The molecule has 5 N–H and O–H groups in total. The van der Waals surface area contributed by atoms with Gasteiger partial charge < -0.3 is 21.5 Å². The summed E-state index contributed by atoms with van der Waals surface area (Å²) in [5, 5.41) is 2.73. The van der Waals surface area contributed by atoms with Crippen molar-refractivity contribution >= 4 is 17.3 Å². The maximum atomic E-state index is 11.3. The van der Waals surface area contributed by atoms with Crippen molar-refractivity contribution < 1.29 is 9.53 Å². The summed E-state index contributed by atoms with van der Waals surface area (Å²) >= 11 is 0. The number of rotatable bonds is 4. The summed E-state index contributed by atoms with van der Waals surface area (Å²) in [4.78, 5) is 11.3. The summed E-state index contributed by atoms with van der Waals surface area (Å²) in [6.07, 6.45) is -0.613. The van der Waals surface area contributed by atoms with Gasteiger partial charge in [0.05, 0.1) is 0 Å². The standard InChI is InChI=1S/C15H17N3O2/c1-10(19)18-15(11-4-2-5-12(16)8-11)20-14-7-3-6-13(17)9-14/h2-9,15H,16-17H2,1H3,(H,18,19). The zero-order valence-corrected chi connectivity index (χ0v) is 11.2. The number of hydrogen-bond donors (Lipinski definition) is 3. The first-order chi connectivity index (χ1) is 9.54. The minimum Gasteiger partial charge on any atom is -0.466 e. The second-order valence-corrected chi connectivity index (χ2v) is 4.44. The molecule has 1 unspecified atom stereocenters. The molecule has 0 saturated heterocycles. The third-order valence-electron chi connectivity index (χ3n) is 2.66. The number of nitrogens with two attached hydrogens (primary N) is 2. The molecule has 0 heterocycles. The SMILES string of the molecule is CC(=O)NC(Oc1cccc(N)c1)c1cccc(N)c1. The number of carbonyl (C=O) groups is 1. The van der Waals surface area contributed by atoms with E-state index in [4.69, 9.17) is 16.2 Å². The van der Waals surface area contributed by atoms with Gasteiger partial charge in [-0.2, -0.15) is 0 Å². The zero-order chi connectivity index (χ0) is 14.5. The van der Waals surface area contributed by atoms with Gasteiger partial charge in [0, 0.05) is 29.9 Å². The van der Waals surface area contributed by atoms with Gasteiger partial charge in [0.1, 0.15) is 5.75 Å². The Bertz CT molecular complexity index is 614. The Kier molecular flexibility index (Phi) is 4.10. The first kappa shape index (κ1) is 13.7. The molecule has 2 rings (SSSR count). The quantitative estimate of drug-likeness (QED) is 0.586. The number of nitrogen functional groups attached to an aromatic ring is 2. The molecule has 5 heteroatoms. The van der Waals surface area contributed by atoms with Gasteiger partial charge in [-0.05, 0) is 24.3 Å². The van der Waals surface area contributed by atoms with Crippen LogP contribution in [0.25, 0.3) is 0 Å². The van der Waals surface area contributed by atoms with E-state index in [1.807, 2.05) is 12.1 Å². The third-order valence-corrected chi connectivity index (χ3v) is 2.66. The fourth-order valence-electron chi connectivity index (χ4n) is 1.81. The molecule has 2 aromatic rings. The molecule has 0 bridgehead atoms. The van der Waals surface area contributed by atoms with Gasteiger partial charge >= 0.3 is 0 Å². The van der Waals surface area contributed by atoms with E-state index < -0.39 is 6.23 Å². The highest BCUT2D eigenvalue weighted by atomic mass is 16.5. The molecule has 0 radical (unpaired) electrons. The fraction of sp³-hybridized carbons (Fsp3) is 0.133. The van der Waals surface area contributed by atoms with E-state index in [1.165, 1.54) is 6.92 Å². The summed E-state index contributed by atoms with van der Waals surface area (Å²) in [7, 11) is 0. The van der Waals surface area contributed by atoms with Crippen LogP contribution in [-0.4, -0.2) is 5.91 Å². The van der Waals surface area contributed by atoms with Gasteiger partial charge in [0.15, 0.2) is 6.23 Å². The number of ether oxygens (including phenoxy) is 1. The number of benzene rings is 2. The molecule has 0 aliphatic carbocycles. The Morgan fingerprint density at radius 3 is 2.35 bits per heavy atom. The second kappa shape index (κ2) is 5.97. The maximum absolute atomic E-state index is 11.3. The molecule has 5 nitrogen and oxygen atoms in total. The molecule has 1 amide bonds. The van der Waals surface area contributed by atoms with Gasteiger partial charge in [-0.3, -0.25) is 4.79 Å². The van der Waals surface area contributed by atoms with Crippen molar-refractivity contribution in [2.24, 2.45) is 0 Å². The fourth-order valence-corrected chi connectivity index (χ4v) is 1.81. The molecular weight excluding hydrogens is 254 g/mol. The minimum absolute atomic E-state index is 0.193. The lowest BCUT2D eigenvalue weighted by Crippen LogP contribution is -2.30.